The van der Waals surface area contributed by atoms with Crippen LogP contribution in [0, 0.1) is 0 Å². The van der Waals surface area contributed by atoms with Gasteiger partial charge in [-0.05, 0) is 54.1 Å². The minimum absolute atomic E-state index is 0.111. The second kappa shape index (κ2) is 6.66. The molecular formula is C17H20N2O3S2. The summed E-state index contributed by atoms with van der Waals surface area (Å²) in [5, 5.41) is 4.68. The summed E-state index contributed by atoms with van der Waals surface area (Å²) < 4.78 is 27.7. The molecule has 5 nitrogen and oxygen atoms in total. The van der Waals surface area contributed by atoms with E-state index >= 15 is 0 Å². The molecule has 3 rings (SSSR count). The number of hydrogen-bond acceptors (Lipinski definition) is 4. The number of fused-ring (bicyclic) bond motifs is 1. The third kappa shape index (κ3) is 3.11. The highest BCUT2D eigenvalue weighted by atomic mass is 32.2. The maximum absolute atomic E-state index is 13.1. The monoisotopic (exact) mass is 364 g/mol. The van der Waals surface area contributed by atoms with Crippen LogP contribution in [-0.4, -0.2) is 25.2 Å². The molecule has 2 heterocycles. The molecule has 1 aliphatic rings. The summed E-state index contributed by atoms with van der Waals surface area (Å²) in [5.41, 5.74) is 1.72. The quantitative estimate of drug-likeness (QED) is 0.904. The van der Waals surface area contributed by atoms with Crippen LogP contribution in [-0.2, 0) is 21.2 Å². The Morgan fingerprint density at radius 2 is 2.00 bits per heavy atom. The molecular weight excluding hydrogens is 344 g/mol. The maximum Gasteiger partial charge on any atom is 0.243 e. The van der Waals surface area contributed by atoms with Crippen molar-refractivity contribution in [3.8, 4) is 0 Å². The number of rotatable bonds is 4. The van der Waals surface area contributed by atoms with E-state index < -0.39 is 10.0 Å². The Morgan fingerprint density at radius 3 is 2.62 bits per heavy atom. The molecule has 1 aromatic carbocycles. The van der Waals surface area contributed by atoms with Crippen molar-refractivity contribution < 1.29 is 13.2 Å². The van der Waals surface area contributed by atoms with Crippen LogP contribution in [0.4, 0.5) is 5.69 Å². The minimum atomic E-state index is -3.56. The number of hydrogen-bond donors (Lipinski definition) is 1. The highest BCUT2D eigenvalue weighted by Crippen LogP contribution is 2.38. The Labute approximate surface area is 146 Å². The third-order valence-corrected chi connectivity index (χ3v) is 7.13. The number of sulfonamides is 1. The molecule has 1 atom stereocenters. The number of nitrogens with zero attached hydrogens (tertiary/aromatic N) is 1. The van der Waals surface area contributed by atoms with Gasteiger partial charge in [-0.2, -0.15) is 4.31 Å². The summed E-state index contributed by atoms with van der Waals surface area (Å²) >= 11 is 1.70. The Kier molecular flexibility index (Phi) is 4.76. The van der Waals surface area contributed by atoms with E-state index in [2.05, 4.69) is 5.32 Å². The molecule has 0 saturated heterocycles. The first-order chi connectivity index (χ1) is 11.4. The normalized spacial score (nSPS) is 18.2. The van der Waals surface area contributed by atoms with Gasteiger partial charge in [-0.15, -0.1) is 11.3 Å². The summed E-state index contributed by atoms with van der Waals surface area (Å²) in [6.45, 7) is 3.93. The fourth-order valence-electron chi connectivity index (χ4n) is 3.13. The van der Waals surface area contributed by atoms with Crippen LogP contribution in [0.5, 0.6) is 0 Å². The van der Waals surface area contributed by atoms with Crippen LogP contribution in [0.1, 0.15) is 36.8 Å². The third-order valence-electron chi connectivity index (χ3n) is 4.21. The summed E-state index contributed by atoms with van der Waals surface area (Å²) in [4.78, 5) is 12.6. The van der Waals surface area contributed by atoms with Crippen molar-refractivity contribution in [3.63, 3.8) is 0 Å². The zero-order valence-electron chi connectivity index (χ0n) is 13.7. The van der Waals surface area contributed by atoms with Crippen LogP contribution in [0.2, 0.25) is 0 Å². The van der Waals surface area contributed by atoms with E-state index in [1.165, 1.54) is 11.8 Å². The van der Waals surface area contributed by atoms with Crippen LogP contribution in [0.3, 0.4) is 0 Å². The van der Waals surface area contributed by atoms with Crippen molar-refractivity contribution in [3.05, 3.63) is 46.2 Å². The molecule has 2 aromatic rings. The van der Waals surface area contributed by atoms with Crippen molar-refractivity contribution in [2.24, 2.45) is 0 Å². The van der Waals surface area contributed by atoms with Crippen molar-refractivity contribution >= 4 is 33.0 Å². The lowest BCUT2D eigenvalue weighted by atomic mass is 10.0. The first kappa shape index (κ1) is 17.1. The molecule has 7 heteroatoms. The van der Waals surface area contributed by atoms with Gasteiger partial charge in [-0.1, -0.05) is 6.92 Å². The Morgan fingerprint density at radius 1 is 1.29 bits per heavy atom. The Hall–Kier alpha value is -1.70. The summed E-state index contributed by atoms with van der Waals surface area (Å²) in [6, 6.07) is 8.27. The van der Waals surface area contributed by atoms with Gasteiger partial charge < -0.3 is 5.32 Å². The van der Waals surface area contributed by atoms with Gasteiger partial charge in [0.1, 0.15) is 0 Å². The van der Waals surface area contributed by atoms with Gasteiger partial charge in [0.25, 0.3) is 0 Å². The zero-order chi connectivity index (χ0) is 17.3. The van der Waals surface area contributed by atoms with Crippen molar-refractivity contribution in [2.75, 3.05) is 11.9 Å². The SMILES string of the molecule is CCC1c2ccsc2CCN1S(=O)(=O)c1ccc(NC(C)=O)cc1. The van der Waals surface area contributed by atoms with Gasteiger partial charge in [0, 0.05) is 24.0 Å². The lowest BCUT2D eigenvalue weighted by molar-refractivity contribution is -0.114. The number of amides is 1. The Bertz CT molecular complexity index is 841. The molecule has 1 amide bonds. The van der Waals surface area contributed by atoms with Gasteiger partial charge in [0.15, 0.2) is 0 Å². The number of anilines is 1. The molecule has 0 saturated carbocycles. The number of carbonyl (C=O) groups is 1. The van der Waals surface area contributed by atoms with Gasteiger partial charge in [-0.3, -0.25) is 4.79 Å². The van der Waals surface area contributed by atoms with Crippen LogP contribution < -0.4 is 5.32 Å². The van der Waals surface area contributed by atoms with Crippen LogP contribution >= 0.6 is 11.3 Å². The first-order valence-electron chi connectivity index (χ1n) is 7.89. The predicted molar refractivity (Wildman–Crippen MR) is 95.7 cm³/mol. The average Bonchev–Trinajstić information content (AvgIpc) is 3.02. The summed E-state index contributed by atoms with van der Waals surface area (Å²) in [5.74, 6) is -0.183. The predicted octanol–water partition coefficient (Wildman–Crippen LogP) is 3.40. The van der Waals surface area contributed by atoms with E-state index in [0.717, 1.165) is 18.4 Å². The second-order valence-electron chi connectivity index (χ2n) is 5.79. The average molecular weight is 364 g/mol. The molecule has 0 fully saturated rings. The molecule has 128 valence electrons. The largest absolute Gasteiger partial charge is 0.326 e. The van der Waals surface area contributed by atoms with Gasteiger partial charge in [0.05, 0.1) is 10.9 Å². The number of thiophene rings is 1. The second-order valence-corrected chi connectivity index (χ2v) is 8.69. The lowest BCUT2D eigenvalue weighted by Crippen LogP contribution is -2.39. The highest BCUT2D eigenvalue weighted by Gasteiger charge is 2.35. The molecule has 1 aromatic heterocycles. The van der Waals surface area contributed by atoms with Crippen LogP contribution in [0.25, 0.3) is 0 Å². The maximum atomic E-state index is 13.1. The van der Waals surface area contributed by atoms with Crippen molar-refractivity contribution in [1.29, 1.82) is 0 Å². The standard InChI is InChI=1S/C17H20N2O3S2/c1-3-16-15-9-11-23-17(15)8-10-19(16)24(21,22)14-6-4-13(5-7-14)18-12(2)20/h4-7,9,11,16H,3,8,10H2,1-2H3,(H,18,20). The molecule has 0 spiro atoms. The molecule has 0 aliphatic carbocycles. The van der Waals surface area contributed by atoms with E-state index in [4.69, 9.17) is 0 Å². The van der Waals surface area contributed by atoms with E-state index in [-0.39, 0.29) is 16.8 Å². The molecule has 24 heavy (non-hydrogen) atoms. The van der Waals surface area contributed by atoms with Gasteiger partial charge in [0.2, 0.25) is 15.9 Å². The highest BCUT2D eigenvalue weighted by molar-refractivity contribution is 7.89. The number of benzene rings is 1. The number of carbonyl (C=O) groups excluding carboxylic acids is 1. The van der Waals surface area contributed by atoms with E-state index in [9.17, 15) is 13.2 Å². The van der Waals surface area contributed by atoms with Crippen molar-refractivity contribution in [1.82, 2.24) is 4.31 Å². The van der Waals surface area contributed by atoms with E-state index in [1.54, 1.807) is 39.9 Å². The first-order valence-corrected chi connectivity index (χ1v) is 10.2. The minimum Gasteiger partial charge on any atom is -0.326 e. The fourth-order valence-corrected chi connectivity index (χ4v) is 5.74. The summed E-state index contributed by atoms with van der Waals surface area (Å²) in [7, 11) is -3.56. The fraction of sp³-hybridized carbons (Fsp3) is 0.353. The number of nitrogens with one attached hydrogen (secondary N) is 1. The topological polar surface area (TPSA) is 66.5 Å². The Balaban J connectivity index is 1.91. The van der Waals surface area contributed by atoms with Gasteiger partial charge >= 0.3 is 0 Å². The molecule has 1 N–H and O–H groups in total. The molecule has 0 radical (unpaired) electrons. The lowest BCUT2D eigenvalue weighted by Gasteiger charge is -2.34. The molecule has 1 aliphatic heterocycles. The molecule has 0 bridgehead atoms. The van der Waals surface area contributed by atoms with Gasteiger partial charge in [-0.25, -0.2) is 8.42 Å². The van der Waals surface area contributed by atoms with Crippen molar-refractivity contribution in [2.45, 2.75) is 37.6 Å². The zero-order valence-corrected chi connectivity index (χ0v) is 15.3. The van der Waals surface area contributed by atoms with E-state index in [1.807, 2.05) is 18.4 Å². The summed E-state index contributed by atoms with van der Waals surface area (Å²) in [6.07, 6.45) is 1.50. The van der Waals surface area contributed by atoms with E-state index in [0.29, 0.717) is 12.2 Å². The smallest absolute Gasteiger partial charge is 0.243 e. The van der Waals surface area contributed by atoms with Crippen LogP contribution in [0.15, 0.2) is 40.6 Å². The molecule has 1 unspecified atom stereocenters.